The van der Waals surface area contributed by atoms with Gasteiger partial charge in [-0.05, 0) is 78.7 Å². The highest BCUT2D eigenvalue weighted by Gasteiger charge is 2.01. The SMILES string of the molecule is Cc1cccc(-n2nn[nH]c2=O)c1.Cc1cccc(C(=O)Cl)c1.Cc1cccc(C(=O)O)c1. The number of aromatic nitrogens is 4. The van der Waals surface area contributed by atoms with Crippen molar-refractivity contribution in [3.05, 3.63) is 111 Å². The van der Waals surface area contributed by atoms with Crippen molar-refractivity contribution in [2.75, 3.05) is 0 Å². The van der Waals surface area contributed by atoms with Gasteiger partial charge in [-0.3, -0.25) is 4.79 Å². The highest BCUT2D eigenvalue weighted by atomic mass is 35.5. The number of carbonyl (C=O) groups is 2. The third kappa shape index (κ3) is 8.19. The van der Waals surface area contributed by atoms with Crippen LogP contribution < -0.4 is 5.69 Å². The molecule has 0 amide bonds. The molecule has 0 bridgehead atoms. The average molecular weight is 467 g/mol. The van der Waals surface area contributed by atoms with Crippen LogP contribution in [0.4, 0.5) is 0 Å². The molecule has 9 heteroatoms. The Morgan fingerprint density at radius 2 is 1.36 bits per heavy atom. The summed E-state index contributed by atoms with van der Waals surface area (Å²) in [5.41, 5.74) is 4.39. The van der Waals surface area contributed by atoms with Gasteiger partial charge in [-0.25, -0.2) is 14.7 Å². The lowest BCUT2D eigenvalue weighted by Gasteiger charge is -1.97. The maximum absolute atomic E-state index is 11.1. The fourth-order valence-corrected chi connectivity index (χ4v) is 2.79. The normalized spacial score (nSPS) is 9.70. The maximum atomic E-state index is 11.1. The Morgan fingerprint density at radius 1 is 0.848 bits per heavy atom. The molecule has 8 nitrogen and oxygen atoms in total. The van der Waals surface area contributed by atoms with Gasteiger partial charge in [-0.2, -0.15) is 4.68 Å². The van der Waals surface area contributed by atoms with Crippen molar-refractivity contribution in [1.29, 1.82) is 0 Å². The number of carbonyl (C=O) groups excluding carboxylic acids is 1. The van der Waals surface area contributed by atoms with E-state index in [1.165, 1.54) is 4.68 Å². The van der Waals surface area contributed by atoms with Crippen LogP contribution in [0.3, 0.4) is 0 Å². The molecule has 0 saturated heterocycles. The lowest BCUT2D eigenvalue weighted by atomic mass is 10.1. The van der Waals surface area contributed by atoms with Crippen LogP contribution in [-0.2, 0) is 0 Å². The van der Waals surface area contributed by atoms with E-state index in [-0.39, 0.29) is 5.69 Å². The van der Waals surface area contributed by atoms with Gasteiger partial charge in [0.05, 0.1) is 11.3 Å². The van der Waals surface area contributed by atoms with E-state index in [1.807, 2.05) is 57.2 Å². The number of benzene rings is 3. The molecule has 0 unspecified atom stereocenters. The molecule has 0 atom stereocenters. The zero-order chi connectivity index (χ0) is 24.4. The molecule has 0 aliphatic heterocycles. The van der Waals surface area contributed by atoms with Gasteiger partial charge in [0.25, 0.3) is 5.24 Å². The molecule has 33 heavy (non-hydrogen) atoms. The summed E-state index contributed by atoms with van der Waals surface area (Å²) in [5, 5.41) is 17.4. The van der Waals surface area contributed by atoms with E-state index in [0.717, 1.165) is 22.4 Å². The van der Waals surface area contributed by atoms with E-state index >= 15 is 0 Å². The van der Waals surface area contributed by atoms with Crippen LogP contribution in [0.1, 0.15) is 37.4 Å². The minimum atomic E-state index is -0.872. The summed E-state index contributed by atoms with van der Waals surface area (Å²) in [6.45, 7) is 5.74. The van der Waals surface area contributed by atoms with Crippen molar-refractivity contribution in [2.45, 2.75) is 20.8 Å². The van der Waals surface area contributed by atoms with Gasteiger partial charge in [0.2, 0.25) is 0 Å². The van der Waals surface area contributed by atoms with E-state index in [2.05, 4.69) is 15.5 Å². The van der Waals surface area contributed by atoms with Crippen LogP contribution >= 0.6 is 11.6 Å². The molecule has 0 aliphatic carbocycles. The van der Waals surface area contributed by atoms with Gasteiger partial charge in [-0.15, -0.1) is 0 Å². The predicted molar refractivity (Wildman–Crippen MR) is 126 cm³/mol. The Bertz CT molecular complexity index is 1240. The molecule has 1 aromatic heterocycles. The number of carboxylic acids is 1. The first-order valence-electron chi connectivity index (χ1n) is 9.81. The van der Waals surface area contributed by atoms with Gasteiger partial charge in [0.1, 0.15) is 0 Å². The molecule has 0 fully saturated rings. The van der Waals surface area contributed by atoms with Crippen molar-refractivity contribution in [1.82, 2.24) is 20.2 Å². The molecule has 0 aliphatic rings. The highest BCUT2D eigenvalue weighted by molar-refractivity contribution is 6.67. The number of carboxylic acid groups (broad SMARTS) is 1. The summed E-state index contributed by atoms with van der Waals surface area (Å²) in [6, 6.07) is 21.5. The monoisotopic (exact) mass is 466 g/mol. The zero-order valence-electron chi connectivity index (χ0n) is 18.3. The van der Waals surface area contributed by atoms with Gasteiger partial charge < -0.3 is 5.11 Å². The topological polar surface area (TPSA) is 118 Å². The maximum Gasteiger partial charge on any atom is 0.365 e. The second-order valence-electron chi connectivity index (χ2n) is 7.08. The molecule has 1 heterocycles. The van der Waals surface area contributed by atoms with Crippen molar-refractivity contribution in [2.24, 2.45) is 0 Å². The summed E-state index contributed by atoms with van der Waals surface area (Å²) in [4.78, 5) is 32.0. The first-order chi connectivity index (χ1) is 15.7. The summed E-state index contributed by atoms with van der Waals surface area (Å²) in [6.07, 6.45) is 0. The molecule has 0 saturated carbocycles. The summed E-state index contributed by atoms with van der Waals surface area (Å²) >= 11 is 5.24. The van der Waals surface area contributed by atoms with E-state index in [4.69, 9.17) is 16.7 Å². The summed E-state index contributed by atoms with van der Waals surface area (Å²) < 4.78 is 1.22. The number of aromatic amines is 1. The molecular formula is C24H23ClN4O4. The molecule has 4 rings (SSSR count). The Labute approximate surface area is 195 Å². The second kappa shape index (κ2) is 12.1. The standard InChI is InChI=1S/C8H7ClO.C8H8N4O.C8H8O2/c1-6-3-2-4-7(5-6)8(9)10;1-6-3-2-4-7(5-6)12-8(13)9-10-11-12;1-6-3-2-4-7(5-6)8(9)10/h2-5H,1H3;2-5H,1H3,(H,9,11,13);2-5H,1H3,(H,9,10). The average Bonchev–Trinajstić information content (AvgIpc) is 3.20. The molecule has 0 spiro atoms. The molecular weight excluding hydrogens is 444 g/mol. The predicted octanol–water partition coefficient (Wildman–Crippen LogP) is 4.33. The van der Waals surface area contributed by atoms with Gasteiger partial charge in [0.15, 0.2) is 0 Å². The number of aromatic carboxylic acids is 1. The molecule has 3 aromatic carbocycles. The van der Waals surface area contributed by atoms with E-state index < -0.39 is 11.2 Å². The summed E-state index contributed by atoms with van der Waals surface area (Å²) in [5.74, 6) is -0.872. The quantitative estimate of drug-likeness (QED) is 0.434. The van der Waals surface area contributed by atoms with E-state index in [1.54, 1.807) is 36.4 Å². The first kappa shape index (κ1) is 25.2. The number of hydrogen-bond acceptors (Lipinski definition) is 5. The number of nitrogens with one attached hydrogen (secondary N) is 1. The van der Waals surface area contributed by atoms with Crippen LogP contribution in [0.2, 0.25) is 0 Å². The fraction of sp³-hybridized carbons (Fsp3) is 0.125. The van der Waals surface area contributed by atoms with Crippen molar-refractivity contribution < 1.29 is 14.7 Å². The lowest BCUT2D eigenvalue weighted by Crippen LogP contribution is -2.15. The fourth-order valence-electron chi connectivity index (χ4n) is 2.67. The number of halogens is 1. The Morgan fingerprint density at radius 3 is 1.76 bits per heavy atom. The largest absolute Gasteiger partial charge is 0.478 e. The van der Waals surface area contributed by atoms with E-state index in [0.29, 0.717) is 11.1 Å². The van der Waals surface area contributed by atoms with Crippen LogP contribution in [0.25, 0.3) is 5.69 Å². The minimum Gasteiger partial charge on any atom is -0.478 e. The molecule has 4 aromatic rings. The number of rotatable bonds is 3. The van der Waals surface area contributed by atoms with E-state index in [9.17, 15) is 14.4 Å². The molecule has 170 valence electrons. The smallest absolute Gasteiger partial charge is 0.365 e. The number of nitrogens with zero attached hydrogens (tertiary/aromatic N) is 3. The van der Waals surface area contributed by atoms with Gasteiger partial charge in [-0.1, -0.05) is 53.6 Å². The van der Waals surface area contributed by atoms with Gasteiger partial charge in [0, 0.05) is 5.56 Å². The van der Waals surface area contributed by atoms with Crippen LogP contribution in [0, 0.1) is 20.8 Å². The Hall–Kier alpha value is -4.04. The number of hydrogen-bond donors (Lipinski definition) is 2. The third-order valence-corrected chi connectivity index (χ3v) is 4.45. The van der Waals surface area contributed by atoms with Crippen LogP contribution in [0.15, 0.2) is 77.6 Å². The highest BCUT2D eigenvalue weighted by Crippen LogP contribution is 2.06. The van der Waals surface area contributed by atoms with Crippen LogP contribution in [0.5, 0.6) is 0 Å². The Kier molecular flexibility index (Phi) is 9.26. The third-order valence-electron chi connectivity index (χ3n) is 4.23. The molecule has 0 radical (unpaired) electrons. The minimum absolute atomic E-state index is 0.328. The zero-order valence-corrected chi connectivity index (χ0v) is 19.1. The van der Waals surface area contributed by atoms with Crippen molar-refractivity contribution in [3.8, 4) is 5.69 Å². The number of H-pyrrole nitrogens is 1. The number of tetrazole rings is 1. The first-order valence-corrected chi connectivity index (χ1v) is 10.2. The lowest BCUT2D eigenvalue weighted by molar-refractivity contribution is 0.0696. The second-order valence-corrected chi connectivity index (χ2v) is 7.42. The van der Waals surface area contributed by atoms with Crippen molar-refractivity contribution in [3.63, 3.8) is 0 Å². The molecule has 2 N–H and O–H groups in total. The van der Waals surface area contributed by atoms with Crippen LogP contribution in [-0.4, -0.2) is 36.5 Å². The van der Waals surface area contributed by atoms with Crippen molar-refractivity contribution >= 4 is 22.8 Å². The van der Waals surface area contributed by atoms with Gasteiger partial charge >= 0.3 is 11.7 Å². The Balaban J connectivity index is 0.000000178. The number of aryl methyl sites for hydroxylation is 3. The summed E-state index contributed by atoms with van der Waals surface area (Å²) in [7, 11) is 0.